The number of carbonyl (C=O) groups is 3. The van der Waals surface area contributed by atoms with Crippen molar-refractivity contribution >= 4 is 40.6 Å². The van der Waals surface area contributed by atoms with Crippen LogP contribution in [0.4, 0.5) is 11.5 Å². The highest BCUT2D eigenvalue weighted by atomic mass is 32.1. The predicted octanol–water partition coefficient (Wildman–Crippen LogP) is 5.49. The zero-order valence-electron chi connectivity index (χ0n) is 41.9. The number of aryl methyl sites for hydroxylation is 1. The van der Waals surface area contributed by atoms with Crippen molar-refractivity contribution in [3.05, 3.63) is 71.4 Å². The van der Waals surface area contributed by atoms with Crippen LogP contribution in [-0.4, -0.2) is 164 Å². The first kappa shape index (κ1) is 49.4. The molecule has 1 saturated carbocycles. The van der Waals surface area contributed by atoms with Gasteiger partial charge in [-0.25, -0.2) is 4.98 Å². The van der Waals surface area contributed by atoms with Gasteiger partial charge in [0.2, 0.25) is 17.7 Å². The Hall–Kier alpha value is -5.20. The first-order valence-corrected chi connectivity index (χ1v) is 27.1. The number of phenolic OH excluding ortho intramolecular Hbond substituents is 1. The van der Waals surface area contributed by atoms with Gasteiger partial charge in [0.05, 0.1) is 39.6 Å². The third kappa shape index (κ3) is 10.8. The smallest absolute Gasteiger partial charge is 0.246 e. The molecule has 0 spiro atoms. The molecule has 5 fully saturated rings. The number of anilines is 2. The fourth-order valence-electron chi connectivity index (χ4n) is 12.4. The van der Waals surface area contributed by atoms with Gasteiger partial charge in [-0.3, -0.25) is 19.3 Å². The van der Waals surface area contributed by atoms with Crippen molar-refractivity contribution in [3.63, 3.8) is 0 Å². The van der Waals surface area contributed by atoms with Gasteiger partial charge in [0, 0.05) is 75.3 Å². The first-order chi connectivity index (χ1) is 34.3. The number of fused-ring (bicyclic) bond motifs is 3. The molecule has 5 N–H and O–H groups in total. The van der Waals surface area contributed by atoms with Gasteiger partial charge in [-0.2, -0.15) is 0 Å². The molecule has 0 unspecified atom stereocenters. The maximum atomic E-state index is 14.3. The predicted molar refractivity (Wildman–Crippen MR) is 277 cm³/mol. The topological polar surface area (TPSA) is 183 Å². The van der Waals surface area contributed by atoms with Crippen molar-refractivity contribution in [3.8, 4) is 27.4 Å². The molecule has 16 nitrogen and oxygen atoms in total. The molecule has 4 aromatic rings. The Morgan fingerprint density at radius 2 is 1.48 bits per heavy atom. The van der Waals surface area contributed by atoms with Crippen LogP contribution in [0.1, 0.15) is 89.8 Å². The van der Waals surface area contributed by atoms with E-state index in [2.05, 4.69) is 56.8 Å². The molecular formula is C54H73N11O5S. The third-order valence-electron chi connectivity index (χ3n) is 16.6. The molecule has 4 atom stereocenters. The van der Waals surface area contributed by atoms with Crippen LogP contribution in [0, 0.1) is 18.3 Å². The molecule has 1 aliphatic carbocycles. The number of nitrogens with one attached hydrogen (secondary N) is 3. The zero-order valence-corrected chi connectivity index (χ0v) is 42.7. The standard InChI is InChI=1S/C54H73N11O5S/c1-34-48(71-33-57-34)36-11-9-35(10-12-36)29-56-52(69)46-27-42(66)32-65(46)53(70)49(54(2,3)4)58-51(68)37-13-15-38(16-14-37)61-21-17-39(18-22-61)62-23-19-40(20-24-62)63-25-26-64-41(31-63)30-55-50-45(64)28-44(59-60-50)43-7-5-6-8-47(43)67/h5-12,28,33,37-42,46,49,66-67H,13-27,29-32H2,1-4H3,(H,55,60)(H,56,69)(H,58,68)/t37?,38?,41-,42+,46-,49+/m0/s1. The second-order valence-electron chi connectivity index (χ2n) is 22.1. The second kappa shape index (κ2) is 21.1. The molecule has 3 amide bonds. The van der Waals surface area contributed by atoms with E-state index in [9.17, 15) is 24.6 Å². The van der Waals surface area contributed by atoms with E-state index in [-0.39, 0.29) is 42.4 Å². The summed E-state index contributed by atoms with van der Waals surface area (Å²) in [6, 6.07) is 17.8. The van der Waals surface area contributed by atoms with Crippen molar-refractivity contribution in [1.29, 1.82) is 0 Å². The molecule has 0 bridgehead atoms. The van der Waals surface area contributed by atoms with Crippen molar-refractivity contribution in [2.24, 2.45) is 11.3 Å². The number of amides is 3. The number of hydrogen-bond donors (Lipinski definition) is 5. The molecule has 380 valence electrons. The minimum Gasteiger partial charge on any atom is -0.507 e. The van der Waals surface area contributed by atoms with Gasteiger partial charge in [0.1, 0.15) is 17.8 Å². The summed E-state index contributed by atoms with van der Waals surface area (Å²) in [5.74, 6) is 0.150. The number of likely N-dealkylation sites (tertiary alicyclic amines) is 3. The summed E-state index contributed by atoms with van der Waals surface area (Å²) in [4.78, 5) is 59.5. The van der Waals surface area contributed by atoms with Crippen LogP contribution in [0.5, 0.6) is 5.75 Å². The molecule has 0 radical (unpaired) electrons. The van der Waals surface area contributed by atoms with Gasteiger partial charge in [-0.1, -0.05) is 57.2 Å². The summed E-state index contributed by atoms with van der Waals surface area (Å²) < 4.78 is 0. The molecular weight excluding hydrogens is 915 g/mol. The summed E-state index contributed by atoms with van der Waals surface area (Å²) in [7, 11) is 0. The summed E-state index contributed by atoms with van der Waals surface area (Å²) in [6.07, 6.45) is 7.62. The minimum atomic E-state index is -0.833. The maximum Gasteiger partial charge on any atom is 0.246 e. The van der Waals surface area contributed by atoms with Gasteiger partial charge < -0.3 is 45.8 Å². The fraction of sp³-hybridized carbons (Fsp3) is 0.593. The number of rotatable bonds is 11. The lowest BCUT2D eigenvalue weighted by molar-refractivity contribution is -0.144. The lowest BCUT2D eigenvalue weighted by atomic mass is 9.82. The van der Waals surface area contributed by atoms with E-state index in [1.54, 1.807) is 17.4 Å². The SMILES string of the molecule is Cc1ncsc1-c1ccc(CNC(=O)[C@@H]2C[C@@H](O)CN2C(=O)[C@@H](NC(=O)C2CCC(N3CCC(N4CCC(N5CCN6c7cc(-c8ccccc8O)nnc7NC[C@H]6C5)CC4)CC3)CC2)C(C)(C)C)cc1. The van der Waals surface area contributed by atoms with Gasteiger partial charge in [0.25, 0.3) is 0 Å². The molecule has 71 heavy (non-hydrogen) atoms. The van der Waals surface area contributed by atoms with E-state index in [0.29, 0.717) is 42.0 Å². The molecule has 5 aliphatic heterocycles. The molecule has 4 saturated heterocycles. The number of carbonyl (C=O) groups excluding carboxylic acids is 3. The number of thiazole rings is 1. The molecule has 7 heterocycles. The van der Waals surface area contributed by atoms with E-state index in [1.807, 2.05) is 75.7 Å². The summed E-state index contributed by atoms with van der Waals surface area (Å²) in [5.41, 5.74) is 6.69. The number of aliphatic hydroxyl groups is 1. The van der Waals surface area contributed by atoms with Crippen molar-refractivity contribution < 1.29 is 24.6 Å². The van der Waals surface area contributed by atoms with Crippen LogP contribution in [0.2, 0.25) is 0 Å². The average molecular weight is 988 g/mol. The Morgan fingerprint density at radius 1 is 0.803 bits per heavy atom. The molecule has 6 aliphatic rings. The van der Waals surface area contributed by atoms with E-state index >= 15 is 0 Å². The summed E-state index contributed by atoms with van der Waals surface area (Å²) in [6.45, 7) is 16.5. The fourth-order valence-corrected chi connectivity index (χ4v) is 13.3. The number of nitrogens with zero attached hydrogens (tertiary/aromatic N) is 8. The van der Waals surface area contributed by atoms with E-state index in [1.165, 1.54) is 30.6 Å². The van der Waals surface area contributed by atoms with Crippen molar-refractivity contribution in [2.75, 3.05) is 69.1 Å². The first-order valence-electron chi connectivity index (χ1n) is 26.2. The summed E-state index contributed by atoms with van der Waals surface area (Å²) >= 11 is 1.60. The van der Waals surface area contributed by atoms with Crippen molar-refractivity contribution in [1.82, 2.24) is 45.4 Å². The number of hydrogen-bond acceptors (Lipinski definition) is 14. The summed E-state index contributed by atoms with van der Waals surface area (Å²) in [5, 5.41) is 39.8. The highest BCUT2D eigenvalue weighted by Gasteiger charge is 2.46. The number of aromatic nitrogens is 3. The number of piperidine rings is 2. The van der Waals surface area contributed by atoms with E-state index < -0.39 is 23.6 Å². The number of aromatic hydroxyl groups is 1. The van der Waals surface area contributed by atoms with Gasteiger partial charge >= 0.3 is 0 Å². The lowest BCUT2D eigenvalue weighted by Crippen LogP contribution is -2.61. The molecule has 2 aromatic heterocycles. The van der Waals surface area contributed by atoms with Crippen LogP contribution in [0.3, 0.4) is 0 Å². The van der Waals surface area contributed by atoms with Crippen LogP contribution in [-0.2, 0) is 20.9 Å². The lowest BCUT2D eigenvalue weighted by Gasteiger charge is -2.50. The largest absolute Gasteiger partial charge is 0.507 e. The van der Waals surface area contributed by atoms with Gasteiger partial charge in [-0.05, 0) is 119 Å². The monoisotopic (exact) mass is 988 g/mol. The number of phenols is 1. The van der Waals surface area contributed by atoms with Crippen LogP contribution < -0.4 is 20.9 Å². The number of β-amino-alcohol motifs (C(OH)–C–C–N with tert-alkyl or cyclic N) is 1. The minimum absolute atomic E-state index is 0.0527. The second-order valence-corrected chi connectivity index (χ2v) is 23.0. The van der Waals surface area contributed by atoms with E-state index in [0.717, 1.165) is 111 Å². The molecule has 10 rings (SSSR count). The Labute approximate surface area is 422 Å². The average Bonchev–Trinajstić information content (AvgIpc) is 4.01. The molecule has 2 aromatic carbocycles. The van der Waals surface area contributed by atoms with Crippen LogP contribution >= 0.6 is 11.3 Å². The van der Waals surface area contributed by atoms with Gasteiger partial charge in [-0.15, -0.1) is 21.5 Å². The normalized spacial score (nSPS) is 25.5. The number of para-hydroxylation sites is 1. The quantitative estimate of drug-likeness (QED) is 0.127. The van der Waals surface area contributed by atoms with Crippen molar-refractivity contribution in [2.45, 2.75) is 134 Å². The Kier molecular flexibility index (Phi) is 14.7. The Morgan fingerprint density at radius 3 is 2.14 bits per heavy atom. The van der Waals surface area contributed by atoms with E-state index in [4.69, 9.17) is 0 Å². The maximum absolute atomic E-state index is 14.3. The number of piperazine rings is 1. The highest BCUT2D eigenvalue weighted by Crippen LogP contribution is 2.38. The zero-order chi connectivity index (χ0) is 49.4. The number of benzene rings is 2. The molecule has 17 heteroatoms. The Balaban J connectivity index is 0.655. The van der Waals surface area contributed by atoms with Crippen LogP contribution in [0.15, 0.2) is 60.1 Å². The highest BCUT2D eigenvalue weighted by molar-refractivity contribution is 7.13. The Bertz CT molecular complexity index is 2510. The number of aliphatic hydroxyl groups excluding tert-OH is 1. The van der Waals surface area contributed by atoms with Crippen LogP contribution in [0.25, 0.3) is 21.7 Å². The van der Waals surface area contributed by atoms with Gasteiger partial charge in [0.15, 0.2) is 5.82 Å². The third-order valence-corrected chi connectivity index (χ3v) is 17.6.